The van der Waals surface area contributed by atoms with Crippen molar-refractivity contribution in [2.45, 2.75) is 96.0 Å². The molecular weight excluding hydrogens is 516 g/mol. The summed E-state index contributed by atoms with van der Waals surface area (Å²) in [6.45, 7) is 6.70. The second-order valence-corrected chi connectivity index (χ2v) is 13.7. The molecule has 0 aromatic rings. The Labute approximate surface area is 224 Å². The van der Waals surface area contributed by atoms with E-state index in [9.17, 15) is 32.7 Å². The van der Waals surface area contributed by atoms with Crippen molar-refractivity contribution in [1.82, 2.24) is 19.8 Å². The van der Waals surface area contributed by atoms with Crippen LogP contribution in [0.2, 0.25) is 0 Å². The maximum atomic E-state index is 13.9. The molecule has 5 atom stereocenters. The van der Waals surface area contributed by atoms with Crippen molar-refractivity contribution in [3.8, 4) is 0 Å². The average molecular weight is 559 g/mol. The standard InChI is InChI=1S/C25H42N4O8S/c1-15(26-13-19(30)37-25(2,3)4)22(31)27-20(16-9-7-6-8-10-16)23(32)28-12-11-18-21(28)17(24(33)34)14-29(18)38(5,35)36/h15-18,20-21,26H,6-14H2,1-5H3,(H,27,31)(H,33,34). The zero-order valence-corrected chi connectivity index (χ0v) is 23.8. The molecular formula is C25H42N4O8S. The third kappa shape index (κ3) is 7.23. The quantitative estimate of drug-likeness (QED) is 0.338. The third-order valence-corrected chi connectivity index (χ3v) is 8.93. The van der Waals surface area contributed by atoms with Crippen LogP contribution >= 0.6 is 0 Å². The van der Waals surface area contributed by atoms with Crippen LogP contribution < -0.4 is 10.6 Å². The highest BCUT2D eigenvalue weighted by Crippen LogP contribution is 2.38. The molecule has 2 amide bonds. The van der Waals surface area contributed by atoms with E-state index in [4.69, 9.17) is 4.74 Å². The van der Waals surface area contributed by atoms with Crippen LogP contribution in [0, 0.1) is 11.8 Å². The van der Waals surface area contributed by atoms with Crippen LogP contribution in [0.1, 0.15) is 66.2 Å². The number of nitrogens with one attached hydrogen (secondary N) is 2. The van der Waals surface area contributed by atoms with Crippen LogP contribution in [-0.4, -0.2) is 102 Å². The Morgan fingerprint density at radius 1 is 1.08 bits per heavy atom. The summed E-state index contributed by atoms with van der Waals surface area (Å²) < 4.78 is 31.1. The van der Waals surface area contributed by atoms with E-state index in [1.165, 1.54) is 9.21 Å². The molecule has 0 aromatic carbocycles. The lowest BCUT2D eigenvalue weighted by molar-refractivity contribution is -0.154. The van der Waals surface area contributed by atoms with Gasteiger partial charge >= 0.3 is 11.9 Å². The van der Waals surface area contributed by atoms with E-state index in [0.29, 0.717) is 6.42 Å². The predicted octanol–water partition coefficient (Wildman–Crippen LogP) is 0.317. The molecule has 2 aliphatic heterocycles. The second-order valence-electron chi connectivity index (χ2n) is 11.7. The zero-order valence-electron chi connectivity index (χ0n) is 22.9. The van der Waals surface area contributed by atoms with Gasteiger partial charge in [-0.05, 0) is 52.9 Å². The van der Waals surface area contributed by atoms with E-state index in [-0.39, 0.29) is 31.5 Å². The Kier molecular flexibility index (Phi) is 9.46. The first-order valence-electron chi connectivity index (χ1n) is 13.4. The van der Waals surface area contributed by atoms with E-state index in [0.717, 1.165) is 38.4 Å². The fourth-order valence-corrected chi connectivity index (χ4v) is 7.06. The van der Waals surface area contributed by atoms with Crippen molar-refractivity contribution in [2.75, 3.05) is 25.9 Å². The molecule has 216 valence electrons. The number of carbonyl (C=O) groups is 4. The Hall–Kier alpha value is -2.25. The highest BCUT2D eigenvalue weighted by molar-refractivity contribution is 7.88. The largest absolute Gasteiger partial charge is 0.481 e. The lowest BCUT2D eigenvalue weighted by Crippen LogP contribution is -2.58. The number of amides is 2. The first kappa shape index (κ1) is 30.3. The summed E-state index contributed by atoms with van der Waals surface area (Å²) in [6, 6.07) is -3.05. The smallest absolute Gasteiger partial charge is 0.320 e. The minimum atomic E-state index is -3.65. The maximum absolute atomic E-state index is 13.9. The maximum Gasteiger partial charge on any atom is 0.320 e. The highest BCUT2D eigenvalue weighted by Gasteiger charge is 2.56. The molecule has 3 rings (SSSR count). The fraction of sp³-hybridized carbons (Fsp3) is 0.840. The molecule has 12 nitrogen and oxygen atoms in total. The summed E-state index contributed by atoms with van der Waals surface area (Å²) in [5.41, 5.74) is -0.656. The van der Waals surface area contributed by atoms with Crippen LogP contribution in [0.15, 0.2) is 0 Å². The molecule has 3 fully saturated rings. The van der Waals surface area contributed by atoms with Crippen molar-refractivity contribution in [1.29, 1.82) is 0 Å². The Morgan fingerprint density at radius 2 is 1.71 bits per heavy atom. The van der Waals surface area contributed by atoms with Crippen molar-refractivity contribution in [3.63, 3.8) is 0 Å². The summed E-state index contributed by atoms with van der Waals surface area (Å²) >= 11 is 0. The van der Waals surface area contributed by atoms with E-state index in [2.05, 4.69) is 10.6 Å². The van der Waals surface area contributed by atoms with Crippen molar-refractivity contribution in [3.05, 3.63) is 0 Å². The number of hydrogen-bond donors (Lipinski definition) is 3. The number of hydrogen-bond acceptors (Lipinski definition) is 8. The van der Waals surface area contributed by atoms with Gasteiger partial charge in [0.1, 0.15) is 11.6 Å². The van der Waals surface area contributed by atoms with Crippen LogP contribution in [0.5, 0.6) is 0 Å². The fourth-order valence-electron chi connectivity index (χ4n) is 5.91. The second kappa shape index (κ2) is 11.9. The van der Waals surface area contributed by atoms with Gasteiger partial charge in [-0.1, -0.05) is 19.3 Å². The molecule has 0 spiro atoms. The molecule has 3 aliphatic rings. The summed E-state index contributed by atoms with van der Waals surface area (Å²) in [5, 5.41) is 15.6. The molecule has 1 saturated carbocycles. The predicted molar refractivity (Wildman–Crippen MR) is 138 cm³/mol. The zero-order chi connectivity index (χ0) is 28.4. The Morgan fingerprint density at radius 3 is 2.26 bits per heavy atom. The minimum absolute atomic E-state index is 0.118. The van der Waals surface area contributed by atoms with E-state index in [1.54, 1.807) is 27.7 Å². The summed E-state index contributed by atoms with van der Waals surface area (Å²) in [6.07, 6.45) is 5.76. The van der Waals surface area contributed by atoms with Crippen molar-refractivity contribution < 1.29 is 37.4 Å². The van der Waals surface area contributed by atoms with Crippen molar-refractivity contribution >= 4 is 33.8 Å². The first-order valence-corrected chi connectivity index (χ1v) is 15.2. The number of nitrogens with zero attached hydrogens (tertiary/aromatic N) is 2. The van der Waals surface area contributed by atoms with Crippen LogP contribution in [0.4, 0.5) is 0 Å². The van der Waals surface area contributed by atoms with Crippen LogP contribution in [0.3, 0.4) is 0 Å². The molecule has 5 unspecified atom stereocenters. The van der Waals surface area contributed by atoms with E-state index >= 15 is 0 Å². The summed E-state index contributed by atoms with van der Waals surface area (Å²) in [7, 11) is -3.65. The number of rotatable bonds is 9. The number of esters is 1. The minimum Gasteiger partial charge on any atom is -0.481 e. The van der Waals surface area contributed by atoms with Crippen LogP contribution in [0.25, 0.3) is 0 Å². The van der Waals surface area contributed by atoms with Crippen molar-refractivity contribution in [2.24, 2.45) is 11.8 Å². The summed E-state index contributed by atoms with van der Waals surface area (Å²) in [5.74, 6) is -3.64. The number of fused-ring (bicyclic) bond motifs is 1. The number of carboxylic acid groups (broad SMARTS) is 1. The normalized spacial score (nSPS) is 26.4. The third-order valence-electron chi connectivity index (χ3n) is 7.66. The molecule has 3 N–H and O–H groups in total. The van der Waals surface area contributed by atoms with Gasteiger partial charge in [0, 0.05) is 19.1 Å². The summed E-state index contributed by atoms with van der Waals surface area (Å²) in [4.78, 5) is 52.7. The molecule has 0 aromatic heterocycles. The van der Waals surface area contributed by atoms with E-state index in [1.807, 2.05) is 0 Å². The molecule has 0 bridgehead atoms. The first-order chi connectivity index (χ1) is 17.6. The van der Waals surface area contributed by atoms with Gasteiger partial charge in [-0.15, -0.1) is 0 Å². The molecule has 2 heterocycles. The Balaban J connectivity index is 1.76. The number of carbonyl (C=O) groups excluding carboxylic acids is 3. The molecule has 0 radical (unpaired) electrons. The monoisotopic (exact) mass is 558 g/mol. The number of aliphatic carboxylic acids is 1. The highest BCUT2D eigenvalue weighted by atomic mass is 32.2. The number of sulfonamides is 1. The average Bonchev–Trinajstić information content (AvgIpc) is 3.40. The topological polar surface area (TPSA) is 162 Å². The number of ether oxygens (including phenoxy) is 1. The lowest BCUT2D eigenvalue weighted by Gasteiger charge is -2.36. The van der Waals surface area contributed by atoms with E-state index < -0.39 is 63.6 Å². The van der Waals surface area contributed by atoms with Gasteiger partial charge in [-0.3, -0.25) is 24.5 Å². The number of likely N-dealkylation sites (tertiary alicyclic amines) is 1. The van der Waals surface area contributed by atoms with Crippen LogP contribution in [-0.2, 0) is 33.9 Å². The lowest BCUT2D eigenvalue weighted by atomic mass is 9.83. The van der Waals surface area contributed by atoms with Gasteiger partial charge in [0.25, 0.3) is 0 Å². The molecule has 2 saturated heterocycles. The van der Waals surface area contributed by atoms with Gasteiger partial charge < -0.3 is 20.1 Å². The van der Waals surface area contributed by atoms with Gasteiger partial charge in [0.15, 0.2) is 0 Å². The van der Waals surface area contributed by atoms with Gasteiger partial charge in [0.2, 0.25) is 21.8 Å². The van der Waals surface area contributed by atoms with Gasteiger partial charge in [-0.25, -0.2) is 8.42 Å². The van der Waals surface area contributed by atoms with Gasteiger partial charge in [-0.2, -0.15) is 4.31 Å². The molecule has 1 aliphatic carbocycles. The number of carboxylic acids is 1. The SMILES string of the molecule is CC(NCC(=O)OC(C)(C)C)C(=O)NC(C(=O)N1CCC2C1C(C(=O)O)CN2S(C)(=O)=O)C1CCCCC1. The Bertz CT molecular complexity index is 1020. The molecule has 13 heteroatoms. The van der Waals surface area contributed by atoms with Gasteiger partial charge in [0.05, 0.1) is 30.8 Å². The molecule has 38 heavy (non-hydrogen) atoms.